The van der Waals surface area contributed by atoms with Gasteiger partial charge in [-0.05, 0) is 5.92 Å². The molecule has 1 aliphatic rings. The minimum Gasteiger partial charge on any atom is -0.402 e. The Hall–Kier alpha value is -0.500. The quantitative estimate of drug-likeness (QED) is 0.592. The molecule has 0 spiro atoms. The van der Waals surface area contributed by atoms with Gasteiger partial charge in [-0.1, -0.05) is 20.4 Å². The molecule has 0 radical (unpaired) electrons. The minimum atomic E-state index is 0.194. The Morgan fingerprint density at radius 3 is 2.10 bits per heavy atom. The van der Waals surface area contributed by atoms with Gasteiger partial charge in [-0.3, -0.25) is 0 Å². The van der Waals surface area contributed by atoms with Crippen molar-refractivity contribution in [2.24, 2.45) is 17.1 Å². The molecule has 0 aromatic carbocycles. The van der Waals surface area contributed by atoms with Gasteiger partial charge in [-0.25, -0.2) is 0 Å². The maximum absolute atomic E-state index is 5.70. The Balaban J connectivity index is 2.68. The first kappa shape index (κ1) is 7.61. The molecule has 10 heavy (non-hydrogen) atoms. The van der Waals surface area contributed by atoms with Crippen LogP contribution < -0.4 is 11.1 Å². The van der Waals surface area contributed by atoms with E-state index < -0.39 is 0 Å². The van der Waals surface area contributed by atoms with Crippen LogP contribution in [0.3, 0.4) is 0 Å². The first-order chi connectivity index (χ1) is 4.59. The lowest BCUT2D eigenvalue weighted by atomic mass is 9.70. The predicted octanol–water partition coefficient (Wildman–Crippen LogP) is 0.704. The average Bonchev–Trinajstić information content (AvgIpc) is 1.57. The van der Waals surface area contributed by atoms with E-state index in [2.05, 4.69) is 25.7 Å². The van der Waals surface area contributed by atoms with Gasteiger partial charge in [0.05, 0.1) is 0 Å². The minimum absolute atomic E-state index is 0.194. The zero-order chi connectivity index (χ0) is 7.78. The number of hydrogen-bond acceptors (Lipinski definition) is 2. The highest BCUT2D eigenvalue weighted by atomic mass is 15.0. The first-order valence-corrected chi connectivity index (χ1v) is 3.75. The van der Waals surface area contributed by atoms with Crippen molar-refractivity contribution in [1.82, 2.24) is 5.32 Å². The van der Waals surface area contributed by atoms with Crippen LogP contribution in [0.25, 0.3) is 0 Å². The standard InChI is InChI=1S/C8H16N2/c1-6(2)8(7(3)9)4-10-5-8/h6,10H,3-5,9H2,1-2H3. The van der Waals surface area contributed by atoms with Crippen LogP contribution in [0, 0.1) is 11.3 Å². The van der Waals surface area contributed by atoms with Gasteiger partial charge in [0.25, 0.3) is 0 Å². The van der Waals surface area contributed by atoms with Crippen molar-refractivity contribution >= 4 is 0 Å². The van der Waals surface area contributed by atoms with Crippen molar-refractivity contribution in [2.75, 3.05) is 13.1 Å². The number of hydrogen-bond donors (Lipinski definition) is 2. The fourth-order valence-electron chi connectivity index (χ4n) is 1.40. The van der Waals surface area contributed by atoms with Gasteiger partial charge in [0, 0.05) is 24.2 Å². The number of nitrogens with one attached hydrogen (secondary N) is 1. The second-order valence-corrected chi connectivity index (χ2v) is 3.44. The zero-order valence-corrected chi connectivity index (χ0v) is 6.78. The van der Waals surface area contributed by atoms with Gasteiger partial charge in [-0.15, -0.1) is 0 Å². The van der Waals surface area contributed by atoms with Gasteiger partial charge in [0.1, 0.15) is 0 Å². The normalized spacial score (nSPS) is 22.3. The summed E-state index contributed by atoms with van der Waals surface area (Å²) in [6.07, 6.45) is 0. The molecule has 0 aliphatic carbocycles. The van der Waals surface area contributed by atoms with Gasteiger partial charge in [0.15, 0.2) is 0 Å². The molecular weight excluding hydrogens is 124 g/mol. The molecule has 0 saturated carbocycles. The van der Waals surface area contributed by atoms with E-state index in [1.807, 2.05) is 0 Å². The maximum atomic E-state index is 5.70. The van der Waals surface area contributed by atoms with Crippen LogP contribution in [0.2, 0.25) is 0 Å². The number of nitrogens with two attached hydrogens (primary N) is 1. The monoisotopic (exact) mass is 140 g/mol. The molecule has 0 atom stereocenters. The summed E-state index contributed by atoms with van der Waals surface area (Å²) in [5.41, 5.74) is 6.73. The van der Waals surface area contributed by atoms with Gasteiger partial charge in [-0.2, -0.15) is 0 Å². The second-order valence-electron chi connectivity index (χ2n) is 3.44. The van der Waals surface area contributed by atoms with Gasteiger partial charge < -0.3 is 11.1 Å². The van der Waals surface area contributed by atoms with E-state index in [-0.39, 0.29) is 5.41 Å². The van der Waals surface area contributed by atoms with E-state index >= 15 is 0 Å². The van der Waals surface area contributed by atoms with Gasteiger partial charge >= 0.3 is 0 Å². The highest BCUT2D eigenvalue weighted by Gasteiger charge is 2.41. The fraction of sp³-hybridized carbons (Fsp3) is 0.750. The van der Waals surface area contributed by atoms with Crippen LogP contribution in [0.5, 0.6) is 0 Å². The summed E-state index contributed by atoms with van der Waals surface area (Å²) >= 11 is 0. The van der Waals surface area contributed by atoms with Crippen LogP contribution in [0.1, 0.15) is 13.8 Å². The SMILES string of the molecule is C=C(N)C1(C(C)C)CNC1. The third kappa shape index (κ3) is 0.833. The summed E-state index contributed by atoms with van der Waals surface area (Å²) in [5, 5.41) is 3.22. The Kier molecular flexibility index (Phi) is 1.73. The van der Waals surface area contributed by atoms with E-state index in [1.165, 1.54) is 0 Å². The average molecular weight is 140 g/mol. The van der Waals surface area contributed by atoms with E-state index in [1.54, 1.807) is 0 Å². The largest absolute Gasteiger partial charge is 0.402 e. The lowest BCUT2D eigenvalue weighted by molar-refractivity contribution is 0.145. The van der Waals surface area contributed by atoms with Crippen LogP contribution in [-0.2, 0) is 0 Å². The van der Waals surface area contributed by atoms with Crippen molar-refractivity contribution in [2.45, 2.75) is 13.8 Å². The molecule has 0 aromatic rings. The van der Waals surface area contributed by atoms with E-state index in [0.29, 0.717) is 5.92 Å². The van der Waals surface area contributed by atoms with E-state index in [0.717, 1.165) is 18.8 Å². The molecular formula is C8H16N2. The van der Waals surface area contributed by atoms with Crippen molar-refractivity contribution in [3.8, 4) is 0 Å². The molecule has 1 aliphatic heterocycles. The topological polar surface area (TPSA) is 38.0 Å². The first-order valence-electron chi connectivity index (χ1n) is 3.75. The Labute approximate surface area is 62.5 Å². The molecule has 0 bridgehead atoms. The molecule has 58 valence electrons. The van der Waals surface area contributed by atoms with Crippen LogP contribution in [0.4, 0.5) is 0 Å². The fourth-order valence-corrected chi connectivity index (χ4v) is 1.40. The van der Waals surface area contributed by atoms with E-state index in [4.69, 9.17) is 5.73 Å². The molecule has 1 rings (SSSR count). The van der Waals surface area contributed by atoms with Crippen molar-refractivity contribution in [1.29, 1.82) is 0 Å². The summed E-state index contributed by atoms with van der Waals surface area (Å²) in [6, 6.07) is 0. The van der Waals surface area contributed by atoms with Crippen molar-refractivity contribution < 1.29 is 0 Å². The predicted molar refractivity (Wildman–Crippen MR) is 43.5 cm³/mol. The summed E-state index contributed by atoms with van der Waals surface area (Å²) in [6.45, 7) is 10.2. The zero-order valence-electron chi connectivity index (χ0n) is 6.78. The molecule has 1 fully saturated rings. The van der Waals surface area contributed by atoms with Crippen molar-refractivity contribution in [3.05, 3.63) is 12.3 Å². The Morgan fingerprint density at radius 2 is 2.10 bits per heavy atom. The van der Waals surface area contributed by atoms with Gasteiger partial charge in [0.2, 0.25) is 0 Å². The summed E-state index contributed by atoms with van der Waals surface area (Å²) in [7, 11) is 0. The maximum Gasteiger partial charge on any atom is 0.0364 e. The third-order valence-corrected chi connectivity index (χ3v) is 2.63. The second kappa shape index (κ2) is 2.27. The summed E-state index contributed by atoms with van der Waals surface area (Å²) in [5.74, 6) is 0.603. The van der Waals surface area contributed by atoms with Crippen molar-refractivity contribution in [3.63, 3.8) is 0 Å². The molecule has 2 nitrogen and oxygen atoms in total. The van der Waals surface area contributed by atoms with Crippen LogP contribution in [-0.4, -0.2) is 13.1 Å². The third-order valence-electron chi connectivity index (χ3n) is 2.63. The molecule has 0 aromatic heterocycles. The number of rotatable bonds is 2. The van der Waals surface area contributed by atoms with Crippen LogP contribution >= 0.6 is 0 Å². The summed E-state index contributed by atoms with van der Waals surface area (Å²) < 4.78 is 0. The van der Waals surface area contributed by atoms with E-state index in [9.17, 15) is 0 Å². The Bertz CT molecular complexity index is 145. The molecule has 2 heteroatoms. The summed E-state index contributed by atoms with van der Waals surface area (Å²) in [4.78, 5) is 0. The lowest BCUT2D eigenvalue weighted by Gasteiger charge is -2.46. The van der Waals surface area contributed by atoms with Crippen LogP contribution in [0.15, 0.2) is 12.3 Å². The Morgan fingerprint density at radius 1 is 1.60 bits per heavy atom. The molecule has 1 saturated heterocycles. The highest BCUT2D eigenvalue weighted by Crippen LogP contribution is 2.35. The molecule has 1 heterocycles. The molecule has 0 amide bonds. The smallest absolute Gasteiger partial charge is 0.0364 e. The highest BCUT2D eigenvalue weighted by molar-refractivity contribution is 5.15. The molecule has 0 unspecified atom stereocenters. The molecule has 3 N–H and O–H groups in total. The lowest BCUT2D eigenvalue weighted by Crippen LogP contribution is -2.58.